The molecule has 36 heavy (non-hydrogen) atoms. The van der Waals surface area contributed by atoms with Crippen molar-refractivity contribution in [2.75, 3.05) is 33.9 Å². The van der Waals surface area contributed by atoms with Crippen LogP contribution in [0.15, 0.2) is 41.2 Å². The highest BCUT2D eigenvalue weighted by Gasteiger charge is 2.41. The molecule has 1 N–H and O–H groups in total. The maximum absolute atomic E-state index is 13.1. The normalized spacial score (nSPS) is 22.8. The van der Waals surface area contributed by atoms with Gasteiger partial charge in [-0.3, -0.25) is 19.3 Å². The van der Waals surface area contributed by atoms with E-state index in [0.29, 0.717) is 37.6 Å². The minimum atomic E-state index is -0.868. The highest BCUT2D eigenvalue weighted by Crippen LogP contribution is 2.35. The van der Waals surface area contributed by atoms with Gasteiger partial charge in [0.15, 0.2) is 11.5 Å². The lowest BCUT2D eigenvalue weighted by Gasteiger charge is -2.43. The van der Waals surface area contributed by atoms with Crippen LogP contribution in [0.3, 0.4) is 0 Å². The summed E-state index contributed by atoms with van der Waals surface area (Å²) >= 11 is 0. The minimum Gasteiger partial charge on any atom is -0.493 e. The maximum atomic E-state index is 13.1. The third-order valence-corrected chi connectivity index (χ3v) is 7.39. The molecule has 0 radical (unpaired) electrons. The van der Waals surface area contributed by atoms with Crippen LogP contribution in [0.5, 0.6) is 11.5 Å². The molecule has 3 aliphatic rings. The smallest absolute Gasteiger partial charge is 0.324 e. The monoisotopic (exact) mass is 494 g/mol. The Morgan fingerprint density at radius 1 is 1.03 bits per heavy atom. The van der Waals surface area contributed by atoms with Crippen LogP contribution in [-0.4, -0.2) is 72.1 Å². The number of benzene rings is 1. The minimum absolute atomic E-state index is 0.00517. The average Bonchev–Trinajstić information content (AvgIpc) is 3.14. The second-order valence-corrected chi connectivity index (χ2v) is 9.63. The van der Waals surface area contributed by atoms with Crippen LogP contribution in [0, 0.1) is 5.92 Å². The van der Waals surface area contributed by atoms with Crippen molar-refractivity contribution in [1.29, 1.82) is 0 Å². The number of aromatic nitrogens is 1. The molecule has 2 aromatic rings. The third kappa shape index (κ3) is 4.43. The van der Waals surface area contributed by atoms with Crippen LogP contribution in [0.2, 0.25) is 0 Å². The second-order valence-electron chi connectivity index (χ2n) is 9.63. The Hall–Kier alpha value is -3.82. The fourth-order valence-electron chi connectivity index (χ4n) is 5.61. The average molecular weight is 495 g/mol. The molecular formula is C26H30N4O6. The van der Waals surface area contributed by atoms with Gasteiger partial charge in [0.05, 0.1) is 20.6 Å². The van der Waals surface area contributed by atoms with Crippen molar-refractivity contribution >= 4 is 17.8 Å². The Labute approximate surface area is 208 Å². The number of hydrogen-bond acceptors (Lipinski definition) is 6. The van der Waals surface area contributed by atoms with Crippen molar-refractivity contribution in [2.24, 2.45) is 5.92 Å². The number of fused-ring (bicyclic) bond motifs is 4. The van der Waals surface area contributed by atoms with Crippen molar-refractivity contribution in [1.82, 2.24) is 19.7 Å². The molecule has 0 saturated carbocycles. The first-order valence-corrected chi connectivity index (χ1v) is 12.2. The molecule has 2 saturated heterocycles. The van der Waals surface area contributed by atoms with Gasteiger partial charge in [-0.1, -0.05) is 12.1 Å². The summed E-state index contributed by atoms with van der Waals surface area (Å²) in [6.07, 6.45) is 1.32. The van der Waals surface area contributed by atoms with E-state index in [1.165, 1.54) is 4.90 Å². The van der Waals surface area contributed by atoms with Gasteiger partial charge in [-0.05, 0) is 42.5 Å². The van der Waals surface area contributed by atoms with E-state index in [-0.39, 0.29) is 42.2 Å². The molecule has 1 aromatic heterocycles. The van der Waals surface area contributed by atoms with E-state index in [4.69, 9.17) is 9.47 Å². The van der Waals surface area contributed by atoms with Crippen LogP contribution in [0.4, 0.5) is 4.79 Å². The van der Waals surface area contributed by atoms with Gasteiger partial charge in [-0.2, -0.15) is 0 Å². The molecule has 0 aliphatic carbocycles. The third-order valence-electron chi connectivity index (χ3n) is 7.39. The summed E-state index contributed by atoms with van der Waals surface area (Å²) in [6.45, 7) is 1.85. The lowest BCUT2D eigenvalue weighted by atomic mass is 9.83. The van der Waals surface area contributed by atoms with Crippen LogP contribution < -0.4 is 20.3 Å². The summed E-state index contributed by atoms with van der Waals surface area (Å²) in [5.41, 5.74) is 1.85. The van der Waals surface area contributed by atoms with Crippen LogP contribution >= 0.6 is 0 Å². The van der Waals surface area contributed by atoms with Gasteiger partial charge in [0, 0.05) is 43.9 Å². The van der Waals surface area contributed by atoms with Crippen LogP contribution in [-0.2, 0) is 22.6 Å². The van der Waals surface area contributed by atoms with E-state index in [2.05, 4.69) is 5.32 Å². The number of urea groups is 1. The van der Waals surface area contributed by atoms with Gasteiger partial charge < -0.3 is 24.3 Å². The van der Waals surface area contributed by atoms with Gasteiger partial charge in [-0.15, -0.1) is 0 Å². The number of methoxy groups -OCH3 is 2. The van der Waals surface area contributed by atoms with E-state index in [0.717, 1.165) is 17.7 Å². The Kier molecular flexibility index (Phi) is 6.42. The standard InChI is InChI=1S/C26H30N4O6/c1-35-21-7-6-16(11-22(21)36-2)8-9-29-25(33)19(27-26(29)34)12-24(32)28-13-17-10-18(15-28)20-4-3-5-23(31)30(20)14-17/h3-7,11,17-19H,8-10,12-15H2,1-2H3,(H,27,34)/t17-,18+,19?/m1/s1. The molecule has 190 valence electrons. The largest absolute Gasteiger partial charge is 0.493 e. The maximum Gasteiger partial charge on any atom is 0.324 e. The fourth-order valence-corrected chi connectivity index (χ4v) is 5.61. The lowest BCUT2D eigenvalue weighted by molar-refractivity contribution is -0.137. The highest BCUT2D eigenvalue weighted by atomic mass is 16.5. The summed E-state index contributed by atoms with van der Waals surface area (Å²) in [6, 6.07) is 9.39. The zero-order valence-corrected chi connectivity index (χ0v) is 20.4. The number of piperidine rings is 1. The summed E-state index contributed by atoms with van der Waals surface area (Å²) in [7, 11) is 3.11. The molecule has 2 bridgehead atoms. The summed E-state index contributed by atoms with van der Waals surface area (Å²) in [5.74, 6) is 0.941. The number of carbonyl (C=O) groups is 3. The SMILES string of the molecule is COc1ccc(CCN2C(=O)NC(CC(=O)N3C[C@H]4C[C@@H](C3)c3cccc(=O)n3C4)C2=O)cc1OC. The van der Waals surface area contributed by atoms with Gasteiger partial charge in [-0.25, -0.2) is 4.79 Å². The first-order valence-electron chi connectivity index (χ1n) is 12.2. The number of amides is 4. The summed E-state index contributed by atoms with van der Waals surface area (Å²) < 4.78 is 12.4. The summed E-state index contributed by atoms with van der Waals surface area (Å²) in [4.78, 5) is 53.8. The Bertz CT molecular complexity index is 1260. The van der Waals surface area contributed by atoms with E-state index in [1.54, 1.807) is 37.3 Å². The van der Waals surface area contributed by atoms with Crippen LogP contribution in [0.25, 0.3) is 0 Å². The Morgan fingerprint density at radius 3 is 2.61 bits per heavy atom. The molecule has 4 heterocycles. The first kappa shape index (κ1) is 23.9. The van der Waals surface area contributed by atoms with E-state index in [9.17, 15) is 19.2 Å². The van der Waals surface area contributed by atoms with E-state index < -0.39 is 12.1 Å². The number of imide groups is 1. The second kappa shape index (κ2) is 9.67. The summed E-state index contributed by atoms with van der Waals surface area (Å²) in [5, 5.41) is 2.67. The molecule has 5 rings (SSSR count). The number of nitrogens with zero attached hydrogens (tertiary/aromatic N) is 3. The molecular weight excluding hydrogens is 464 g/mol. The van der Waals surface area contributed by atoms with Gasteiger partial charge in [0.25, 0.3) is 11.5 Å². The van der Waals surface area contributed by atoms with Gasteiger partial charge >= 0.3 is 6.03 Å². The van der Waals surface area contributed by atoms with E-state index >= 15 is 0 Å². The van der Waals surface area contributed by atoms with Crippen molar-refractivity contribution < 1.29 is 23.9 Å². The van der Waals surface area contributed by atoms with Gasteiger partial charge in [0.1, 0.15) is 6.04 Å². The molecule has 3 aliphatic heterocycles. The number of carbonyl (C=O) groups excluding carboxylic acids is 3. The lowest BCUT2D eigenvalue weighted by Crippen LogP contribution is -2.50. The topological polar surface area (TPSA) is 110 Å². The zero-order valence-electron chi connectivity index (χ0n) is 20.4. The first-order chi connectivity index (χ1) is 17.4. The number of nitrogens with one attached hydrogen (secondary N) is 1. The zero-order chi connectivity index (χ0) is 25.4. The fraction of sp³-hybridized carbons (Fsp3) is 0.462. The quantitative estimate of drug-likeness (QED) is 0.582. The number of hydrogen-bond donors (Lipinski definition) is 1. The predicted octanol–water partition coefficient (Wildman–Crippen LogP) is 1.36. The molecule has 0 spiro atoms. The van der Waals surface area contributed by atoms with Crippen molar-refractivity contribution in [3.8, 4) is 11.5 Å². The Balaban J connectivity index is 1.20. The van der Waals surface area contributed by atoms with Gasteiger partial charge in [0.2, 0.25) is 5.91 Å². The highest BCUT2D eigenvalue weighted by molar-refractivity contribution is 6.05. The van der Waals surface area contributed by atoms with Crippen molar-refractivity contribution in [2.45, 2.75) is 37.8 Å². The number of rotatable bonds is 7. The molecule has 4 amide bonds. The van der Waals surface area contributed by atoms with Crippen molar-refractivity contribution in [3.63, 3.8) is 0 Å². The molecule has 10 nitrogen and oxygen atoms in total. The number of likely N-dealkylation sites (tertiary alicyclic amines) is 1. The van der Waals surface area contributed by atoms with Crippen molar-refractivity contribution in [3.05, 3.63) is 58.0 Å². The molecule has 2 fully saturated rings. The number of ether oxygens (including phenoxy) is 2. The van der Waals surface area contributed by atoms with E-state index in [1.807, 2.05) is 22.8 Å². The Morgan fingerprint density at radius 2 is 1.83 bits per heavy atom. The number of pyridine rings is 1. The molecule has 3 atom stereocenters. The predicted molar refractivity (Wildman–Crippen MR) is 130 cm³/mol. The molecule has 10 heteroatoms. The van der Waals surface area contributed by atoms with Crippen LogP contribution in [0.1, 0.15) is 30.0 Å². The molecule has 1 aromatic carbocycles. The molecule has 1 unspecified atom stereocenters.